The molecule has 1 saturated heterocycles. The van der Waals surface area contributed by atoms with Gasteiger partial charge in [0.15, 0.2) is 0 Å². The Bertz CT molecular complexity index is 1280. The van der Waals surface area contributed by atoms with E-state index in [2.05, 4.69) is 5.32 Å². The van der Waals surface area contributed by atoms with Crippen molar-refractivity contribution < 1.29 is 24.3 Å². The first kappa shape index (κ1) is 20.4. The van der Waals surface area contributed by atoms with E-state index in [1.54, 1.807) is 6.07 Å². The van der Waals surface area contributed by atoms with Gasteiger partial charge in [-0.25, -0.2) is 4.79 Å². The van der Waals surface area contributed by atoms with E-state index in [9.17, 15) is 19.2 Å². The molecule has 0 spiro atoms. The third-order valence-corrected chi connectivity index (χ3v) is 7.23. The van der Waals surface area contributed by atoms with Crippen LogP contribution in [0.15, 0.2) is 72.8 Å². The molecule has 0 unspecified atom stereocenters. The summed E-state index contributed by atoms with van der Waals surface area (Å²) in [6, 6.07) is 21.8. The lowest BCUT2D eigenvalue weighted by Gasteiger charge is -2.45. The Kier molecular flexibility index (Phi) is 4.42. The smallest absolute Gasteiger partial charge is 0.335 e. The summed E-state index contributed by atoms with van der Waals surface area (Å²) in [7, 11) is 0. The molecule has 34 heavy (non-hydrogen) atoms. The molecule has 168 valence electrons. The van der Waals surface area contributed by atoms with E-state index in [1.807, 2.05) is 48.5 Å². The molecular formula is C27H20N2O5. The van der Waals surface area contributed by atoms with Crippen LogP contribution in [-0.4, -0.2) is 40.2 Å². The van der Waals surface area contributed by atoms with Crippen LogP contribution < -0.4 is 5.32 Å². The number of carboxylic acids is 1. The summed E-state index contributed by atoms with van der Waals surface area (Å²) in [4.78, 5) is 52.1. The fraction of sp³-hybridized carbons (Fsp3) is 0.185. The Labute approximate surface area is 195 Å². The number of amides is 3. The van der Waals surface area contributed by atoms with Crippen molar-refractivity contribution in [2.24, 2.45) is 11.8 Å². The fourth-order valence-corrected chi connectivity index (χ4v) is 5.97. The van der Waals surface area contributed by atoms with Gasteiger partial charge in [0.25, 0.3) is 0 Å². The maximum Gasteiger partial charge on any atom is 0.335 e. The molecule has 4 aliphatic rings. The van der Waals surface area contributed by atoms with Crippen LogP contribution in [0.25, 0.3) is 0 Å². The van der Waals surface area contributed by atoms with Crippen LogP contribution in [0.3, 0.4) is 0 Å². The molecule has 0 aromatic heterocycles. The van der Waals surface area contributed by atoms with Gasteiger partial charge in [0.2, 0.25) is 17.7 Å². The van der Waals surface area contributed by atoms with E-state index in [1.165, 1.54) is 18.2 Å². The van der Waals surface area contributed by atoms with Gasteiger partial charge in [-0.1, -0.05) is 54.6 Å². The minimum atomic E-state index is -1.11. The van der Waals surface area contributed by atoms with Gasteiger partial charge < -0.3 is 10.4 Å². The highest BCUT2D eigenvalue weighted by Crippen LogP contribution is 2.60. The molecule has 0 radical (unpaired) electrons. The number of aromatic carboxylic acids is 1. The van der Waals surface area contributed by atoms with E-state index in [0.29, 0.717) is 5.69 Å². The van der Waals surface area contributed by atoms with Gasteiger partial charge in [-0.15, -0.1) is 0 Å². The zero-order chi connectivity index (χ0) is 23.6. The largest absolute Gasteiger partial charge is 0.478 e. The van der Waals surface area contributed by atoms with Crippen molar-refractivity contribution in [1.82, 2.24) is 4.90 Å². The maximum absolute atomic E-state index is 13.5. The molecule has 2 bridgehead atoms. The molecule has 3 aliphatic carbocycles. The molecule has 1 aliphatic heterocycles. The average molecular weight is 452 g/mol. The lowest BCUT2D eigenvalue weighted by molar-refractivity contribution is -0.142. The molecule has 7 rings (SSSR count). The summed E-state index contributed by atoms with van der Waals surface area (Å²) in [5.41, 5.74) is 4.62. The highest BCUT2D eigenvalue weighted by atomic mass is 16.4. The van der Waals surface area contributed by atoms with Crippen molar-refractivity contribution in [3.63, 3.8) is 0 Å². The van der Waals surface area contributed by atoms with Crippen LogP contribution in [-0.2, 0) is 14.4 Å². The molecule has 7 heteroatoms. The predicted molar refractivity (Wildman–Crippen MR) is 122 cm³/mol. The third-order valence-electron chi connectivity index (χ3n) is 7.23. The Morgan fingerprint density at radius 1 is 0.765 bits per heavy atom. The number of nitrogens with zero attached hydrogens (tertiary/aromatic N) is 1. The van der Waals surface area contributed by atoms with E-state index >= 15 is 0 Å². The van der Waals surface area contributed by atoms with Crippen molar-refractivity contribution in [2.45, 2.75) is 11.8 Å². The zero-order valence-corrected chi connectivity index (χ0v) is 18.0. The van der Waals surface area contributed by atoms with E-state index in [4.69, 9.17) is 5.11 Å². The average Bonchev–Trinajstić information content (AvgIpc) is 3.09. The molecule has 3 aromatic carbocycles. The Morgan fingerprint density at radius 3 is 1.74 bits per heavy atom. The first-order valence-corrected chi connectivity index (χ1v) is 11.1. The summed E-state index contributed by atoms with van der Waals surface area (Å²) in [6.45, 7) is -0.409. The molecule has 7 nitrogen and oxygen atoms in total. The first-order valence-electron chi connectivity index (χ1n) is 11.1. The molecule has 0 saturated carbocycles. The lowest BCUT2D eigenvalue weighted by Crippen LogP contribution is -2.41. The Hall–Kier alpha value is -4.26. The number of benzene rings is 3. The quantitative estimate of drug-likeness (QED) is 0.592. The van der Waals surface area contributed by atoms with Gasteiger partial charge in [-0.2, -0.15) is 0 Å². The van der Waals surface area contributed by atoms with Crippen molar-refractivity contribution in [3.05, 3.63) is 101 Å². The highest BCUT2D eigenvalue weighted by molar-refractivity contribution is 6.10. The van der Waals surface area contributed by atoms with Crippen LogP contribution in [0.5, 0.6) is 0 Å². The number of hydrogen-bond acceptors (Lipinski definition) is 4. The predicted octanol–water partition coefficient (Wildman–Crippen LogP) is 3.22. The number of carbonyl (C=O) groups excluding carboxylic acids is 3. The fourth-order valence-electron chi connectivity index (χ4n) is 5.97. The highest BCUT2D eigenvalue weighted by Gasteiger charge is 2.61. The third kappa shape index (κ3) is 2.83. The minimum absolute atomic E-state index is 0.0317. The standard InChI is InChI=1S/C27H20N2O5/c30-20(28-15-7-5-6-14(12-15)27(33)34)13-29-25(31)23-21-16-8-1-2-9-17(16)22(24(23)26(29)32)19-11-4-3-10-18(19)21/h1-12,21-24H,13H2,(H,28,30)(H,33,34)/t21?,22?,23-,24+. The van der Waals surface area contributed by atoms with Crippen molar-refractivity contribution in [1.29, 1.82) is 0 Å². The SMILES string of the molecule is O=C(CN1C(=O)[C@@H]2C3c4ccccc4C(c4ccccc43)[C@@H]2C1=O)Nc1cccc(C(=O)O)c1. The zero-order valence-electron chi connectivity index (χ0n) is 18.0. The van der Waals surface area contributed by atoms with Crippen LogP contribution in [0.2, 0.25) is 0 Å². The van der Waals surface area contributed by atoms with Gasteiger partial charge in [-0.05, 0) is 40.5 Å². The second-order valence-electron chi connectivity index (χ2n) is 8.96. The number of nitrogens with one attached hydrogen (secondary N) is 1. The summed E-state index contributed by atoms with van der Waals surface area (Å²) in [6.07, 6.45) is 0. The van der Waals surface area contributed by atoms with Gasteiger partial charge in [0, 0.05) is 17.5 Å². The monoisotopic (exact) mass is 452 g/mol. The van der Waals surface area contributed by atoms with Gasteiger partial charge in [-0.3, -0.25) is 19.3 Å². The molecule has 3 aromatic rings. The number of carbonyl (C=O) groups is 4. The molecule has 2 N–H and O–H groups in total. The number of hydrogen-bond donors (Lipinski definition) is 2. The summed E-state index contributed by atoms with van der Waals surface area (Å²) >= 11 is 0. The number of anilines is 1. The Morgan fingerprint density at radius 2 is 1.26 bits per heavy atom. The van der Waals surface area contributed by atoms with E-state index in [-0.39, 0.29) is 29.2 Å². The van der Waals surface area contributed by atoms with Gasteiger partial charge in [0.05, 0.1) is 17.4 Å². The van der Waals surface area contributed by atoms with Crippen molar-refractivity contribution in [2.75, 3.05) is 11.9 Å². The molecular weight excluding hydrogens is 432 g/mol. The molecule has 2 atom stereocenters. The minimum Gasteiger partial charge on any atom is -0.478 e. The lowest BCUT2D eigenvalue weighted by atomic mass is 9.55. The van der Waals surface area contributed by atoms with Gasteiger partial charge >= 0.3 is 5.97 Å². The maximum atomic E-state index is 13.5. The summed E-state index contributed by atoms with van der Waals surface area (Å²) in [5.74, 6) is -3.84. The van der Waals surface area contributed by atoms with Gasteiger partial charge in [0.1, 0.15) is 6.54 Å². The van der Waals surface area contributed by atoms with Crippen LogP contribution in [0.1, 0.15) is 44.4 Å². The van der Waals surface area contributed by atoms with Crippen LogP contribution in [0.4, 0.5) is 5.69 Å². The number of rotatable bonds is 4. The molecule has 1 heterocycles. The van der Waals surface area contributed by atoms with E-state index in [0.717, 1.165) is 27.2 Å². The summed E-state index contributed by atoms with van der Waals surface area (Å²) < 4.78 is 0. The van der Waals surface area contributed by atoms with E-state index < -0.39 is 30.3 Å². The first-order chi connectivity index (χ1) is 16.5. The Balaban J connectivity index is 1.31. The second kappa shape index (κ2) is 7.38. The van der Waals surface area contributed by atoms with Crippen LogP contribution >= 0.6 is 0 Å². The second-order valence-corrected chi connectivity index (χ2v) is 8.96. The molecule has 1 fully saturated rings. The molecule has 3 amide bonds. The topological polar surface area (TPSA) is 104 Å². The van der Waals surface area contributed by atoms with Crippen LogP contribution in [0, 0.1) is 11.8 Å². The van der Waals surface area contributed by atoms with Crippen molar-refractivity contribution >= 4 is 29.4 Å². The number of carboxylic acid groups (broad SMARTS) is 1. The number of imide groups is 1. The number of likely N-dealkylation sites (tertiary alicyclic amines) is 1. The summed E-state index contributed by atoms with van der Waals surface area (Å²) in [5, 5.41) is 11.8. The normalized spacial score (nSPS) is 23.8. The van der Waals surface area contributed by atoms with Crippen molar-refractivity contribution in [3.8, 4) is 0 Å².